The monoisotopic (exact) mass is 385 g/mol. The number of benzene rings is 1. The number of carbonyl (C=O) groups excluding carboxylic acids is 1. The number of rotatable bonds is 5. The van der Waals surface area contributed by atoms with Crippen LogP contribution in [0.2, 0.25) is 0 Å². The van der Waals surface area contributed by atoms with Gasteiger partial charge in [0, 0.05) is 39.7 Å². The Labute approximate surface area is 140 Å². The van der Waals surface area contributed by atoms with Crippen LogP contribution in [0.1, 0.15) is 19.5 Å². The van der Waals surface area contributed by atoms with Crippen LogP contribution in [-0.2, 0) is 10.5 Å². The average Bonchev–Trinajstić information content (AvgIpc) is 2.87. The van der Waals surface area contributed by atoms with Gasteiger partial charge in [0.2, 0.25) is 5.91 Å². The van der Waals surface area contributed by atoms with E-state index in [1.54, 1.807) is 23.6 Å². The number of carbonyl (C=O) groups is 1. The lowest BCUT2D eigenvalue weighted by Crippen LogP contribution is -2.27. The van der Waals surface area contributed by atoms with E-state index >= 15 is 0 Å². The summed E-state index contributed by atoms with van der Waals surface area (Å²) in [5.74, 6) is 0.751. The van der Waals surface area contributed by atoms with Gasteiger partial charge in [0.1, 0.15) is 0 Å². The predicted molar refractivity (Wildman–Crippen MR) is 93.9 cm³/mol. The molecule has 4 nitrogen and oxygen atoms in total. The highest BCUT2D eigenvalue weighted by Crippen LogP contribution is 2.31. The van der Waals surface area contributed by atoms with Crippen molar-refractivity contribution in [3.05, 3.63) is 33.7 Å². The smallest absolute Gasteiger partial charge is 0.225 e. The zero-order valence-corrected chi connectivity index (χ0v) is 15.0. The number of nitrogen functional groups attached to an aromatic ring is 1. The molecule has 0 aliphatic heterocycles. The van der Waals surface area contributed by atoms with Gasteiger partial charge >= 0.3 is 0 Å². The maximum absolute atomic E-state index is 11.5. The fourth-order valence-electron chi connectivity index (χ4n) is 1.78. The van der Waals surface area contributed by atoms with Gasteiger partial charge in [-0.3, -0.25) is 9.69 Å². The highest BCUT2D eigenvalue weighted by Gasteiger charge is 2.13. The average molecular weight is 386 g/mol. The lowest BCUT2D eigenvalue weighted by molar-refractivity contribution is -0.116. The topological polar surface area (TPSA) is 59.2 Å². The van der Waals surface area contributed by atoms with Gasteiger partial charge < -0.3 is 5.73 Å². The predicted octanol–water partition coefficient (Wildman–Crippen LogP) is 4.15. The van der Waals surface area contributed by atoms with Gasteiger partial charge in [-0.2, -0.15) is 0 Å². The van der Waals surface area contributed by atoms with E-state index in [4.69, 9.17) is 5.73 Å². The van der Waals surface area contributed by atoms with Crippen molar-refractivity contribution in [2.45, 2.75) is 24.5 Å². The van der Waals surface area contributed by atoms with E-state index in [1.165, 1.54) is 11.3 Å². The number of aromatic nitrogens is 1. The molecule has 2 N–H and O–H groups in total. The first-order chi connectivity index (χ1) is 10.0. The van der Waals surface area contributed by atoms with Crippen LogP contribution < -0.4 is 10.6 Å². The van der Waals surface area contributed by atoms with Crippen molar-refractivity contribution in [1.29, 1.82) is 0 Å². The highest BCUT2D eigenvalue weighted by atomic mass is 79.9. The number of amides is 1. The van der Waals surface area contributed by atoms with E-state index in [-0.39, 0.29) is 5.91 Å². The second-order valence-electron chi connectivity index (χ2n) is 4.36. The number of thiazole rings is 1. The van der Waals surface area contributed by atoms with Gasteiger partial charge in [-0.25, -0.2) is 4.98 Å². The van der Waals surface area contributed by atoms with Gasteiger partial charge in [-0.15, -0.1) is 23.1 Å². The Morgan fingerprint density at radius 2 is 2.29 bits per heavy atom. The molecule has 112 valence electrons. The Morgan fingerprint density at radius 1 is 1.52 bits per heavy atom. The summed E-state index contributed by atoms with van der Waals surface area (Å²) in [6, 6.07) is 5.86. The molecule has 1 aromatic heterocycles. The van der Waals surface area contributed by atoms with Crippen molar-refractivity contribution in [3.63, 3.8) is 0 Å². The standard InChI is InChI=1S/C14H16BrN3OS2/c1-3-18(9(2)19)14-17-11(8-21-14)7-20-13-5-4-10(15)6-12(13)16/h4-6,8H,3,7,16H2,1-2H3. The quantitative estimate of drug-likeness (QED) is 0.620. The SMILES string of the molecule is CCN(C(C)=O)c1nc(CSc2ccc(Br)cc2N)cs1. The second kappa shape index (κ2) is 7.29. The fourth-order valence-corrected chi connectivity index (χ4v) is 4.04. The van der Waals surface area contributed by atoms with E-state index in [0.29, 0.717) is 6.54 Å². The van der Waals surface area contributed by atoms with E-state index in [1.807, 2.05) is 30.5 Å². The van der Waals surface area contributed by atoms with Crippen LogP contribution in [0, 0.1) is 0 Å². The molecule has 0 aliphatic carbocycles. The first kappa shape index (κ1) is 16.3. The zero-order valence-electron chi connectivity index (χ0n) is 11.8. The van der Waals surface area contributed by atoms with Crippen LogP contribution in [0.4, 0.5) is 10.8 Å². The minimum atomic E-state index is 0.0169. The second-order valence-corrected chi connectivity index (χ2v) is 7.12. The summed E-state index contributed by atoms with van der Waals surface area (Å²) < 4.78 is 0.973. The minimum Gasteiger partial charge on any atom is -0.398 e. The largest absolute Gasteiger partial charge is 0.398 e. The molecule has 2 rings (SSSR count). The normalized spacial score (nSPS) is 10.6. The van der Waals surface area contributed by atoms with Crippen molar-refractivity contribution >= 4 is 55.8 Å². The molecule has 7 heteroatoms. The van der Waals surface area contributed by atoms with E-state index in [9.17, 15) is 4.79 Å². The molecule has 0 bridgehead atoms. The Morgan fingerprint density at radius 3 is 2.90 bits per heavy atom. The third kappa shape index (κ3) is 4.21. The summed E-state index contributed by atoms with van der Waals surface area (Å²) in [5, 5.41) is 2.74. The van der Waals surface area contributed by atoms with Crippen LogP contribution in [0.25, 0.3) is 0 Å². The van der Waals surface area contributed by atoms with Crippen LogP contribution >= 0.6 is 39.0 Å². The summed E-state index contributed by atoms with van der Waals surface area (Å²) in [4.78, 5) is 18.7. The molecule has 21 heavy (non-hydrogen) atoms. The summed E-state index contributed by atoms with van der Waals surface area (Å²) >= 11 is 6.53. The zero-order chi connectivity index (χ0) is 15.4. The number of thioether (sulfide) groups is 1. The maximum atomic E-state index is 11.5. The summed E-state index contributed by atoms with van der Waals surface area (Å²) in [6.07, 6.45) is 0. The lowest BCUT2D eigenvalue weighted by atomic mass is 10.3. The number of hydrogen-bond donors (Lipinski definition) is 1. The minimum absolute atomic E-state index is 0.0169. The fraction of sp³-hybridized carbons (Fsp3) is 0.286. The molecule has 0 unspecified atom stereocenters. The Balaban J connectivity index is 2.04. The number of hydrogen-bond acceptors (Lipinski definition) is 5. The molecule has 0 atom stereocenters. The molecule has 2 aromatic rings. The van der Waals surface area contributed by atoms with Gasteiger partial charge in [0.15, 0.2) is 5.13 Å². The first-order valence-electron chi connectivity index (χ1n) is 6.41. The van der Waals surface area contributed by atoms with Gasteiger partial charge in [-0.1, -0.05) is 15.9 Å². The van der Waals surface area contributed by atoms with Gasteiger partial charge in [0.25, 0.3) is 0 Å². The summed E-state index contributed by atoms with van der Waals surface area (Å²) in [7, 11) is 0. The number of nitrogens with zero attached hydrogens (tertiary/aromatic N) is 2. The Bertz CT molecular complexity index is 645. The number of nitrogens with two attached hydrogens (primary N) is 1. The lowest BCUT2D eigenvalue weighted by Gasteiger charge is -2.14. The molecule has 1 heterocycles. The van der Waals surface area contributed by atoms with Gasteiger partial charge in [-0.05, 0) is 25.1 Å². The molecule has 0 spiro atoms. The van der Waals surface area contributed by atoms with Crippen molar-refractivity contribution in [2.75, 3.05) is 17.2 Å². The van der Waals surface area contributed by atoms with E-state index in [0.717, 1.165) is 31.6 Å². The first-order valence-corrected chi connectivity index (χ1v) is 9.07. The van der Waals surface area contributed by atoms with Crippen LogP contribution in [-0.4, -0.2) is 17.4 Å². The van der Waals surface area contributed by atoms with Crippen molar-refractivity contribution < 1.29 is 4.79 Å². The molecular formula is C14H16BrN3OS2. The molecule has 0 saturated carbocycles. The molecule has 0 saturated heterocycles. The molecule has 1 amide bonds. The third-order valence-corrected chi connectivity index (χ3v) is 5.34. The van der Waals surface area contributed by atoms with Crippen LogP contribution in [0.5, 0.6) is 0 Å². The Hall–Kier alpha value is -1.05. The maximum Gasteiger partial charge on any atom is 0.225 e. The van der Waals surface area contributed by atoms with E-state index in [2.05, 4.69) is 20.9 Å². The van der Waals surface area contributed by atoms with Crippen molar-refractivity contribution in [1.82, 2.24) is 4.98 Å². The number of anilines is 2. The summed E-state index contributed by atoms with van der Waals surface area (Å²) in [5.41, 5.74) is 7.69. The molecular weight excluding hydrogens is 370 g/mol. The summed E-state index contributed by atoms with van der Waals surface area (Å²) in [6.45, 7) is 4.14. The van der Waals surface area contributed by atoms with Crippen LogP contribution in [0.15, 0.2) is 32.9 Å². The number of halogens is 1. The van der Waals surface area contributed by atoms with Crippen LogP contribution in [0.3, 0.4) is 0 Å². The third-order valence-electron chi connectivity index (χ3n) is 2.81. The Kier molecular flexibility index (Phi) is 5.66. The highest BCUT2D eigenvalue weighted by molar-refractivity contribution is 9.10. The molecule has 0 aliphatic rings. The molecule has 0 fully saturated rings. The van der Waals surface area contributed by atoms with E-state index < -0.39 is 0 Å². The molecule has 0 radical (unpaired) electrons. The van der Waals surface area contributed by atoms with Crippen molar-refractivity contribution in [3.8, 4) is 0 Å². The van der Waals surface area contributed by atoms with Gasteiger partial charge in [0.05, 0.1) is 5.69 Å². The van der Waals surface area contributed by atoms with Crippen molar-refractivity contribution in [2.24, 2.45) is 0 Å². The molecule has 1 aromatic carbocycles.